The Morgan fingerprint density at radius 1 is 0.976 bits per heavy atom. The number of alkyl halides is 2. The molecule has 1 aliphatic heterocycles. The zero-order valence-electron chi connectivity index (χ0n) is 23.7. The molecule has 2 N–H and O–H groups in total. The van der Waals surface area contributed by atoms with Gasteiger partial charge in [-0.3, -0.25) is 14.0 Å². The van der Waals surface area contributed by atoms with Crippen LogP contribution in [-0.4, -0.2) is 53.7 Å². The Morgan fingerprint density at radius 3 is 2.26 bits per heavy atom. The standard InChI is InChI=1S/C32H32FN3O3S.CH3F/c1-21(33)22-11-13-23(14-12-22)26-9-5-6-10-27(26)32(39)36-17-15-25(16-18-36)31-35-29(20-40-31)30(38)34-28(19-37)24-7-3-2-4-8-24;1-2/h2-14,20-21,25,28,37H,15-19H2,1H3,(H,34,38);1H3. The van der Waals surface area contributed by atoms with Crippen LogP contribution in [0.25, 0.3) is 11.1 Å². The van der Waals surface area contributed by atoms with E-state index in [1.165, 1.54) is 18.3 Å². The van der Waals surface area contributed by atoms with Crippen LogP contribution in [0.15, 0.2) is 84.2 Å². The summed E-state index contributed by atoms with van der Waals surface area (Å²) >= 11 is 1.46. The predicted molar refractivity (Wildman–Crippen MR) is 162 cm³/mol. The van der Waals surface area contributed by atoms with Crippen molar-refractivity contribution in [3.8, 4) is 11.1 Å². The fourth-order valence-corrected chi connectivity index (χ4v) is 6.05. The first-order valence-electron chi connectivity index (χ1n) is 13.9. The van der Waals surface area contributed by atoms with Crippen LogP contribution in [0.5, 0.6) is 0 Å². The number of nitrogens with zero attached hydrogens (tertiary/aromatic N) is 2. The summed E-state index contributed by atoms with van der Waals surface area (Å²) in [4.78, 5) is 32.9. The molecular formula is C33H35F2N3O3S. The maximum Gasteiger partial charge on any atom is 0.271 e. The van der Waals surface area contributed by atoms with Crippen molar-refractivity contribution in [3.63, 3.8) is 0 Å². The second kappa shape index (κ2) is 14.8. The minimum atomic E-state index is -1.04. The van der Waals surface area contributed by atoms with Crippen LogP contribution in [0.1, 0.15) is 74.9 Å². The van der Waals surface area contributed by atoms with Gasteiger partial charge >= 0.3 is 0 Å². The van der Waals surface area contributed by atoms with Crippen molar-refractivity contribution in [2.24, 2.45) is 0 Å². The van der Waals surface area contributed by atoms with Gasteiger partial charge in [0.15, 0.2) is 0 Å². The number of piperidine rings is 1. The van der Waals surface area contributed by atoms with E-state index in [1.54, 1.807) is 17.5 Å². The lowest BCUT2D eigenvalue weighted by Crippen LogP contribution is -2.38. The summed E-state index contributed by atoms with van der Waals surface area (Å²) < 4.78 is 23.1. The largest absolute Gasteiger partial charge is 0.394 e. The molecule has 1 saturated heterocycles. The van der Waals surface area contributed by atoms with Crippen molar-refractivity contribution in [1.29, 1.82) is 0 Å². The number of hydrogen-bond acceptors (Lipinski definition) is 5. The monoisotopic (exact) mass is 591 g/mol. The molecule has 2 amide bonds. The molecule has 6 nitrogen and oxygen atoms in total. The lowest BCUT2D eigenvalue weighted by atomic mass is 9.94. The molecule has 1 fully saturated rings. The topological polar surface area (TPSA) is 82.5 Å². The van der Waals surface area contributed by atoms with Gasteiger partial charge in [-0.25, -0.2) is 9.37 Å². The van der Waals surface area contributed by atoms with E-state index in [2.05, 4.69) is 10.3 Å². The Balaban J connectivity index is 0.00000198. The van der Waals surface area contributed by atoms with Crippen molar-refractivity contribution in [2.75, 3.05) is 26.9 Å². The molecule has 2 unspecified atom stereocenters. The molecule has 1 aromatic heterocycles. The summed E-state index contributed by atoms with van der Waals surface area (Å²) in [7, 11) is 0.500. The first-order chi connectivity index (χ1) is 20.4. The second-order valence-corrected chi connectivity index (χ2v) is 10.9. The maximum absolute atomic E-state index is 13.6. The number of halogens is 2. The smallest absolute Gasteiger partial charge is 0.271 e. The molecule has 0 spiro atoms. The molecule has 0 radical (unpaired) electrons. The zero-order chi connectivity index (χ0) is 30.1. The number of aliphatic hydroxyl groups is 1. The normalized spacial score (nSPS) is 14.8. The van der Waals surface area contributed by atoms with Crippen LogP contribution >= 0.6 is 11.3 Å². The molecule has 4 aromatic rings. The van der Waals surface area contributed by atoms with Crippen molar-refractivity contribution in [3.05, 3.63) is 112 Å². The molecular weight excluding hydrogens is 556 g/mol. The molecule has 220 valence electrons. The van der Waals surface area contributed by atoms with Gasteiger partial charge in [0.05, 0.1) is 24.8 Å². The highest BCUT2D eigenvalue weighted by Gasteiger charge is 2.28. The highest BCUT2D eigenvalue weighted by atomic mass is 32.1. The van der Waals surface area contributed by atoms with E-state index >= 15 is 0 Å². The van der Waals surface area contributed by atoms with Gasteiger partial charge < -0.3 is 15.3 Å². The van der Waals surface area contributed by atoms with Crippen LogP contribution in [-0.2, 0) is 0 Å². The Kier molecular flexibility index (Phi) is 10.9. The summed E-state index contributed by atoms with van der Waals surface area (Å²) in [5, 5.41) is 15.3. The number of likely N-dealkylation sites (tertiary alicyclic amines) is 1. The van der Waals surface area contributed by atoms with Crippen molar-refractivity contribution in [2.45, 2.75) is 37.9 Å². The van der Waals surface area contributed by atoms with E-state index in [0.29, 0.717) is 37.1 Å². The van der Waals surface area contributed by atoms with Gasteiger partial charge in [0.2, 0.25) is 0 Å². The molecule has 42 heavy (non-hydrogen) atoms. The number of nitrogens with one attached hydrogen (secondary N) is 1. The third kappa shape index (κ3) is 7.27. The fraction of sp³-hybridized carbons (Fsp3) is 0.303. The third-order valence-corrected chi connectivity index (χ3v) is 8.42. The first kappa shape index (κ1) is 31.0. The van der Waals surface area contributed by atoms with Crippen molar-refractivity contribution < 1.29 is 23.5 Å². The number of carbonyl (C=O) groups is 2. The Labute approximate surface area is 249 Å². The summed E-state index contributed by atoms with van der Waals surface area (Å²) in [5.41, 5.74) is 4.13. The highest BCUT2D eigenvalue weighted by molar-refractivity contribution is 7.09. The molecule has 2 heterocycles. The lowest BCUT2D eigenvalue weighted by Gasteiger charge is -2.31. The van der Waals surface area contributed by atoms with Gasteiger partial charge in [0.1, 0.15) is 11.9 Å². The molecule has 0 saturated carbocycles. The van der Waals surface area contributed by atoms with Gasteiger partial charge in [-0.2, -0.15) is 0 Å². The summed E-state index contributed by atoms with van der Waals surface area (Å²) in [5.74, 6) is -0.167. The summed E-state index contributed by atoms with van der Waals surface area (Å²) in [6, 6.07) is 23.6. The molecule has 0 aliphatic carbocycles. The minimum absolute atomic E-state index is 0.0212. The number of thiazole rings is 1. The van der Waals surface area contributed by atoms with E-state index in [0.717, 1.165) is 34.5 Å². The highest BCUT2D eigenvalue weighted by Crippen LogP contribution is 2.33. The Morgan fingerprint density at radius 2 is 1.62 bits per heavy atom. The van der Waals surface area contributed by atoms with E-state index in [1.807, 2.05) is 71.6 Å². The Hall–Kier alpha value is -3.95. The summed E-state index contributed by atoms with van der Waals surface area (Å²) in [6.45, 7) is 2.50. The first-order valence-corrected chi connectivity index (χ1v) is 14.7. The van der Waals surface area contributed by atoms with Crippen LogP contribution in [0.3, 0.4) is 0 Å². The van der Waals surface area contributed by atoms with Gasteiger partial charge in [0.25, 0.3) is 11.8 Å². The number of amides is 2. The van der Waals surface area contributed by atoms with Crippen LogP contribution in [0, 0.1) is 0 Å². The van der Waals surface area contributed by atoms with Crippen molar-refractivity contribution >= 4 is 23.2 Å². The molecule has 5 rings (SSSR count). The van der Waals surface area contributed by atoms with Gasteiger partial charge in [-0.1, -0.05) is 72.8 Å². The number of aliphatic hydroxyl groups excluding tert-OH is 1. The van der Waals surface area contributed by atoms with Crippen molar-refractivity contribution in [1.82, 2.24) is 15.2 Å². The quantitative estimate of drug-likeness (QED) is 0.233. The maximum atomic E-state index is 13.6. The number of rotatable bonds is 8. The lowest BCUT2D eigenvalue weighted by molar-refractivity contribution is 0.0713. The minimum Gasteiger partial charge on any atom is -0.394 e. The molecule has 2 atom stereocenters. The van der Waals surface area contributed by atoms with Crippen LogP contribution in [0.4, 0.5) is 8.78 Å². The molecule has 0 bridgehead atoms. The molecule has 1 aliphatic rings. The Bertz CT molecular complexity index is 1450. The summed E-state index contributed by atoms with van der Waals surface area (Å²) in [6.07, 6.45) is 0.478. The second-order valence-electron chi connectivity index (χ2n) is 10.0. The SMILES string of the molecule is CC(F)c1ccc(-c2ccccc2C(=O)N2CCC(c3nc(C(=O)NC(CO)c4ccccc4)cs3)CC2)cc1.CF. The molecule has 9 heteroatoms. The van der Waals surface area contributed by atoms with Gasteiger partial charge in [0, 0.05) is 30.0 Å². The fourth-order valence-electron chi connectivity index (χ4n) is 5.08. The third-order valence-electron chi connectivity index (χ3n) is 7.41. The number of hydrogen-bond donors (Lipinski definition) is 2. The van der Waals surface area contributed by atoms with E-state index < -0.39 is 12.2 Å². The van der Waals surface area contributed by atoms with E-state index in [4.69, 9.17) is 0 Å². The average molecular weight is 592 g/mol. The number of aromatic nitrogens is 1. The number of carbonyl (C=O) groups excluding carboxylic acids is 2. The predicted octanol–water partition coefficient (Wildman–Crippen LogP) is 6.91. The van der Waals surface area contributed by atoms with Crippen LogP contribution < -0.4 is 5.32 Å². The van der Waals surface area contributed by atoms with Crippen LogP contribution in [0.2, 0.25) is 0 Å². The average Bonchev–Trinajstić information content (AvgIpc) is 3.55. The number of benzene rings is 3. The van der Waals surface area contributed by atoms with Gasteiger partial charge in [-0.15, -0.1) is 11.3 Å². The van der Waals surface area contributed by atoms with Gasteiger partial charge in [-0.05, 0) is 48.1 Å². The molecule has 3 aromatic carbocycles. The van der Waals surface area contributed by atoms with E-state index in [-0.39, 0.29) is 24.3 Å². The van der Waals surface area contributed by atoms with E-state index in [9.17, 15) is 23.5 Å². The zero-order valence-corrected chi connectivity index (χ0v) is 24.5.